The number of fused-ring (bicyclic) bond motifs is 3. The Bertz CT molecular complexity index is 1090. The van der Waals surface area contributed by atoms with Crippen molar-refractivity contribution in [3.05, 3.63) is 51.1 Å². The topological polar surface area (TPSA) is 70.4 Å². The Morgan fingerprint density at radius 1 is 1.13 bits per heavy atom. The van der Waals surface area contributed by atoms with E-state index in [2.05, 4.69) is 0 Å². The van der Waals surface area contributed by atoms with Gasteiger partial charge in [-0.05, 0) is 37.7 Å². The molecule has 0 atom stereocenters. The molecular weight excluding hydrogens is 400 g/mol. The first-order valence-corrected chi connectivity index (χ1v) is 11.3. The summed E-state index contributed by atoms with van der Waals surface area (Å²) in [5.74, 6) is 0.0468. The largest absolute Gasteiger partial charge is 0.462 e. The summed E-state index contributed by atoms with van der Waals surface area (Å²) >= 11 is 1.61. The number of esters is 1. The summed E-state index contributed by atoms with van der Waals surface area (Å²) in [6.45, 7) is 3.03. The van der Waals surface area contributed by atoms with Crippen LogP contribution in [0, 0.1) is 0 Å². The third kappa shape index (κ3) is 4.32. The van der Waals surface area contributed by atoms with Gasteiger partial charge in [-0.25, -0.2) is 4.98 Å². The number of hydrogen-bond donors (Lipinski definition) is 0. The van der Waals surface area contributed by atoms with Crippen LogP contribution in [0.2, 0.25) is 0 Å². The van der Waals surface area contributed by atoms with Crippen LogP contribution in [0.25, 0.3) is 21.6 Å². The number of aryl methyl sites for hydroxylation is 2. The molecule has 30 heavy (non-hydrogen) atoms. The lowest BCUT2D eigenvalue weighted by Crippen LogP contribution is -2.28. The molecule has 0 spiro atoms. The number of carbonyl (C=O) groups excluding carboxylic acids is 1. The minimum atomic E-state index is -0.459. The van der Waals surface area contributed by atoms with E-state index >= 15 is 0 Å². The highest BCUT2D eigenvalue weighted by Crippen LogP contribution is 2.34. The molecule has 0 aliphatic heterocycles. The maximum atomic E-state index is 13.5. The number of carbonyl (C=O) groups is 1. The molecular formula is C23H26N2O4S. The van der Waals surface area contributed by atoms with Gasteiger partial charge >= 0.3 is 5.97 Å². The Morgan fingerprint density at radius 2 is 1.93 bits per heavy atom. The van der Waals surface area contributed by atoms with E-state index in [-0.39, 0.29) is 18.7 Å². The summed E-state index contributed by atoms with van der Waals surface area (Å²) in [7, 11) is 0. The first-order chi connectivity index (χ1) is 14.7. The molecule has 2 heterocycles. The molecule has 1 aliphatic rings. The van der Waals surface area contributed by atoms with Gasteiger partial charge in [0.15, 0.2) is 0 Å². The van der Waals surface area contributed by atoms with Gasteiger partial charge in [-0.15, -0.1) is 11.3 Å². The van der Waals surface area contributed by atoms with Crippen molar-refractivity contribution >= 4 is 27.5 Å². The fourth-order valence-corrected chi connectivity index (χ4v) is 5.08. The van der Waals surface area contributed by atoms with Gasteiger partial charge in [-0.3, -0.25) is 14.2 Å². The Hall–Kier alpha value is -2.51. The highest BCUT2D eigenvalue weighted by atomic mass is 32.1. The van der Waals surface area contributed by atoms with E-state index in [9.17, 15) is 9.59 Å². The lowest BCUT2D eigenvalue weighted by atomic mass is 9.97. The zero-order chi connectivity index (χ0) is 20.9. The van der Waals surface area contributed by atoms with Crippen molar-refractivity contribution in [3.63, 3.8) is 0 Å². The second-order valence-electron chi connectivity index (χ2n) is 7.42. The molecule has 3 aromatic rings. The van der Waals surface area contributed by atoms with Crippen LogP contribution >= 0.6 is 11.3 Å². The summed E-state index contributed by atoms with van der Waals surface area (Å²) in [6, 6.07) is 9.53. The van der Waals surface area contributed by atoms with Gasteiger partial charge < -0.3 is 9.47 Å². The van der Waals surface area contributed by atoms with Crippen molar-refractivity contribution in [2.45, 2.75) is 45.6 Å². The Labute approximate surface area is 179 Å². The van der Waals surface area contributed by atoms with E-state index in [1.807, 2.05) is 37.3 Å². The quantitative estimate of drug-likeness (QED) is 0.403. The van der Waals surface area contributed by atoms with Gasteiger partial charge in [-0.2, -0.15) is 0 Å². The number of thiophene rings is 1. The molecule has 6 nitrogen and oxygen atoms in total. The van der Waals surface area contributed by atoms with Crippen molar-refractivity contribution in [2.75, 3.05) is 19.8 Å². The third-order valence-electron chi connectivity index (χ3n) is 5.23. The number of aromatic nitrogens is 2. The van der Waals surface area contributed by atoms with Crippen LogP contribution < -0.4 is 5.56 Å². The van der Waals surface area contributed by atoms with Crippen molar-refractivity contribution in [3.8, 4) is 11.4 Å². The summed E-state index contributed by atoms with van der Waals surface area (Å²) in [5, 5.41) is 0.675. The fraction of sp³-hybridized carbons (Fsp3) is 0.435. The van der Waals surface area contributed by atoms with Gasteiger partial charge in [0.2, 0.25) is 0 Å². The van der Waals surface area contributed by atoms with Crippen molar-refractivity contribution in [1.82, 2.24) is 9.55 Å². The normalized spacial score (nSPS) is 13.4. The first-order valence-electron chi connectivity index (χ1n) is 10.5. The summed E-state index contributed by atoms with van der Waals surface area (Å²) in [4.78, 5) is 32.8. The third-order valence-corrected chi connectivity index (χ3v) is 6.42. The number of hydrogen-bond acceptors (Lipinski definition) is 6. The Morgan fingerprint density at radius 3 is 2.73 bits per heavy atom. The van der Waals surface area contributed by atoms with Gasteiger partial charge in [0.25, 0.3) is 5.56 Å². The minimum absolute atomic E-state index is 0.155. The second-order valence-corrected chi connectivity index (χ2v) is 8.50. The highest BCUT2D eigenvalue weighted by Gasteiger charge is 2.23. The second kappa shape index (κ2) is 9.53. The summed E-state index contributed by atoms with van der Waals surface area (Å²) < 4.78 is 12.1. The predicted octanol–water partition coefficient (Wildman–Crippen LogP) is 3.97. The van der Waals surface area contributed by atoms with E-state index in [0.717, 1.165) is 48.1 Å². The number of rotatable bonds is 8. The zero-order valence-electron chi connectivity index (χ0n) is 17.2. The van der Waals surface area contributed by atoms with Gasteiger partial charge in [0, 0.05) is 17.0 Å². The number of nitrogens with zero attached hydrogens (tertiary/aromatic N) is 2. The first kappa shape index (κ1) is 20.8. The van der Waals surface area contributed by atoms with Crippen molar-refractivity contribution in [2.24, 2.45) is 0 Å². The SMILES string of the molecule is CCCOCCOC(=O)Cn1c(-c2ccccc2)nc2sc3c(c2c1=O)CCCC3. The Balaban J connectivity index is 1.70. The van der Waals surface area contributed by atoms with E-state index < -0.39 is 5.97 Å². The molecule has 7 heteroatoms. The molecule has 0 saturated carbocycles. The monoisotopic (exact) mass is 426 g/mol. The van der Waals surface area contributed by atoms with Crippen LogP contribution in [0.3, 0.4) is 0 Å². The molecule has 0 fully saturated rings. The van der Waals surface area contributed by atoms with Gasteiger partial charge in [0.1, 0.15) is 23.8 Å². The molecule has 158 valence electrons. The van der Waals surface area contributed by atoms with Gasteiger partial charge in [-0.1, -0.05) is 37.3 Å². The van der Waals surface area contributed by atoms with Crippen molar-refractivity contribution < 1.29 is 14.3 Å². The van der Waals surface area contributed by atoms with Gasteiger partial charge in [0.05, 0.1) is 12.0 Å². The maximum Gasteiger partial charge on any atom is 0.326 e. The average molecular weight is 427 g/mol. The molecule has 0 amide bonds. The lowest BCUT2D eigenvalue weighted by molar-refractivity contribution is -0.145. The van der Waals surface area contributed by atoms with Crippen LogP contribution in [0.4, 0.5) is 0 Å². The number of benzene rings is 1. The van der Waals surface area contributed by atoms with Crippen LogP contribution in [0.5, 0.6) is 0 Å². The van der Waals surface area contributed by atoms with Crippen LogP contribution in [-0.4, -0.2) is 35.3 Å². The smallest absolute Gasteiger partial charge is 0.326 e. The van der Waals surface area contributed by atoms with Crippen molar-refractivity contribution in [1.29, 1.82) is 0 Å². The predicted molar refractivity (Wildman–Crippen MR) is 118 cm³/mol. The molecule has 0 unspecified atom stereocenters. The molecule has 4 rings (SSSR count). The highest BCUT2D eigenvalue weighted by molar-refractivity contribution is 7.18. The molecule has 0 radical (unpaired) electrons. The minimum Gasteiger partial charge on any atom is -0.462 e. The van der Waals surface area contributed by atoms with E-state index in [4.69, 9.17) is 14.5 Å². The fourth-order valence-electron chi connectivity index (χ4n) is 3.83. The van der Waals surface area contributed by atoms with Crippen LogP contribution in [0.15, 0.2) is 35.1 Å². The van der Waals surface area contributed by atoms with Crippen LogP contribution in [0.1, 0.15) is 36.6 Å². The van der Waals surface area contributed by atoms with E-state index in [0.29, 0.717) is 24.4 Å². The average Bonchev–Trinajstić information content (AvgIpc) is 3.14. The van der Waals surface area contributed by atoms with E-state index in [1.165, 1.54) is 9.44 Å². The number of ether oxygens (including phenoxy) is 2. The molecule has 1 aliphatic carbocycles. The molecule has 0 bridgehead atoms. The van der Waals surface area contributed by atoms with Crippen LogP contribution in [-0.2, 0) is 33.7 Å². The maximum absolute atomic E-state index is 13.5. The molecule has 1 aromatic carbocycles. The van der Waals surface area contributed by atoms with E-state index in [1.54, 1.807) is 11.3 Å². The Kier molecular flexibility index (Phi) is 6.59. The standard InChI is InChI=1S/C23H26N2O4S/c1-2-12-28-13-14-29-19(26)15-25-21(16-8-4-3-5-9-16)24-22-20(23(25)27)17-10-6-7-11-18(17)30-22/h3-5,8-9H,2,6-7,10-15H2,1H3. The lowest BCUT2D eigenvalue weighted by Gasteiger charge is -2.14. The summed E-state index contributed by atoms with van der Waals surface area (Å²) in [5.41, 5.74) is 1.77. The summed E-state index contributed by atoms with van der Waals surface area (Å²) in [6.07, 6.45) is 5.04. The molecule has 0 N–H and O–H groups in total. The zero-order valence-corrected chi connectivity index (χ0v) is 18.0. The molecule has 2 aromatic heterocycles. The molecule has 0 saturated heterocycles.